The highest BCUT2D eigenvalue weighted by atomic mass is 19.4. The van der Waals surface area contributed by atoms with E-state index in [1.807, 2.05) is 0 Å². The van der Waals surface area contributed by atoms with E-state index in [1.54, 1.807) is 18.2 Å². The van der Waals surface area contributed by atoms with Crippen LogP contribution < -0.4 is 9.47 Å². The average molecular weight is 444 g/mol. The van der Waals surface area contributed by atoms with Gasteiger partial charge in [0.1, 0.15) is 17.2 Å². The first kappa shape index (κ1) is 22.4. The largest absolute Gasteiger partial charge is 0.573 e. The highest BCUT2D eigenvalue weighted by molar-refractivity contribution is 5.88. The second-order valence-corrected chi connectivity index (χ2v) is 6.43. The first-order valence-corrected chi connectivity index (χ1v) is 9.03. The summed E-state index contributed by atoms with van der Waals surface area (Å²) in [7, 11) is 0. The minimum absolute atomic E-state index is 0.0802. The predicted octanol–water partition coefficient (Wildman–Crippen LogP) is 5.84. The zero-order valence-corrected chi connectivity index (χ0v) is 16.2. The number of ether oxygens (including phenoxy) is 2. The summed E-state index contributed by atoms with van der Waals surface area (Å²) in [4.78, 5) is 21.9. The van der Waals surface area contributed by atoms with Gasteiger partial charge in [-0.15, -0.1) is 13.2 Å². The molecular formula is C23H15F3O6. The van der Waals surface area contributed by atoms with Crippen LogP contribution in [0.25, 0.3) is 17.2 Å². The maximum Gasteiger partial charge on any atom is 0.573 e. The molecule has 164 valence electrons. The van der Waals surface area contributed by atoms with Crippen LogP contribution in [0.4, 0.5) is 13.2 Å². The van der Waals surface area contributed by atoms with Gasteiger partial charge in [-0.3, -0.25) is 0 Å². The van der Waals surface area contributed by atoms with E-state index in [1.165, 1.54) is 54.6 Å². The molecule has 32 heavy (non-hydrogen) atoms. The minimum Gasteiger partial charge on any atom is -0.478 e. The van der Waals surface area contributed by atoms with Crippen LogP contribution in [0, 0.1) is 0 Å². The third-order valence-electron chi connectivity index (χ3n) is 4.17. The first-order valence-electron chi connectivity index (χ1n) is 9.03. The number of carboxylic acids is 2. The van der Waals surface area contributed by atoms with Crippen molar-refractivity contribution >= 4 is 18.0 Å². The summed E-state index contributed by atoms with van der Waals surface area (Å²) in [6, 6.07) is 15.7. The maximum atomic E-state index is 12.3. The molecule has 3 aromatic rings. The molecule has 0 unspecified atom stereocenters. The van der Waals surface area contributed by atoms with Crippen LogP contribution in [0.15, 0.2) is 72.8 Å². The van der Waals surface area contributed by atoms with Crippen molar-refractivity contribution in [2.75, 3.05) is 0 Å². The van der Waals surface area contributed by atoms with Crippen molar-refractivity contribution in [2.24, 2.45) is 0 Å². The van der Waals surface area contributed by atoms with Gasteiger partial charge in [0.25, 0.3) is 0 Å². The topological polar surface area (TPSA) is 93.1 Å². The van der Waals surface area contributed by atoms with E-state index in [-0.39, 0.29) is 11.3 Å². The Hall–Kier alpha value is -4.27. The number of rotatable bonds is 7. The van der Waals surface area contributed by atoms with Crippen LogP contribution >= 0.6 is 0 Å². The van der Waals surface area contributed by atoms with Crippen molar-refractivity contribution in [3.63, 3.8) is 0 Å². The van der Waals surface area contributed by atoms with Crippen molar-refractivity contribution in [3.05, 3.63) is 83.9 Å². The molecule has 2 N–H and O–H groups in total. The van der Waals surface area contributed by atoms with E-state index < -0.39 is 18.3 Å². The summed E-state index contributed by atoms with van der Waals surface area (Å²) in [6.45, 7) is 0. The highest BCUT2D eigenvalue weighted by Gasteiger charge is 2.30. The highest BCUT2D eigenvalue weighted by Crippen LogP contribution is 2.32. The summed E-state index contributed by atoms with van der Waals surface area (Å²) in [5.41, 5.74) is 1.64. The molecule has 0 radical (unpaired) electrons. The normalized spacial score (nSPS) is 11.3. The van der Waals surface area contributed by atoms with Crippen LogP contribution in [-0.4, -0.2) is 28.5 Å². The number of alkyl halides is 3. The fourth-order valence-electron chi connectivity index (χ4n) is 2.75. The third kappa shape index (κ3) is 6.11. The smallest absolute Gasteiger partial charge is 0.478 e. The first-order chi connectivity index (χ1) is 15.1. The van der Waals surface area contributed by atoms with Crippen LogP contribution in [0.1, 0.15) is 15.9 Å². The van der Waals surface area contributed by atoms with E-state index in [0.29, 0.717) is 28.2 Å². The molecule has 0 bridgehead atoms. The predicted molar refractivity (Wildman–Crippen MR) is 109 cm³/mol. The molecular weight excluding hydrogens is 429 g/mol. The summed E-state index contributed by atoms with van der Waals surface area (Å²) in [5.74, 6) is -2.00. The number of carbonyl (C=O) groups is 2. The Labute approximate surface area is 179 Å². The van der Waals surface area contributed by atoms with Gasteiger partial charge in [-0.1, -0.05) is 18.2 Å². The number of aliphatic carboxylic acids is 1. The summed E-state index contributed by atoms with van der Waals surface area (Å²) in [6.07, 6.45) is -2.56. The second kappa shape index (κ2) is 9.25. The molecule has 6 nitrogen and oxygen atoms in total. The molecule has 0 aliphatic carbocycles. The molecule has 0 amide bonds. The van der Waals surface area contributed by atoms with Crippen LogP contribution in [0.3, 0.4) is 0 Å². The number of hydrogen-bond acceptors (Lipinski definition) is 4. The monoisotopic (exact) mass is 444 g/mol. The lowest BCUT2D eigenvalue weighted by molar-refractivity contribution is -0.274. The Kier molecular flexibility index (Phi) is 6.48. The Morgan fingerprint density at radius 3 is 1.97 bits per heavy atom. The van der Waals surface area contributed by atoms with Crippen molar-refractivity contribution in [1.82, 2.24) is 0 Å². The Bertz CT molecular complexity index is 1150. The number of halogens is 3. The van der Waals surface area contributed by atoms with Gasteiger partial charge in [-0.25, -0.2) is 9.59 Å². The standard InChI is InChI=1S/C23H15F3O6/c24-23(25,26)32-19-9-1-14(2-10-19)16-5-11-20(17(13-16)6-12-21(27)28)31-18-7-3-15(4-8-18)22(29)30/h1-13H,(H,27,28)(H,29,30)/b12-6-. The molecule has 0 fully saturated rings. The molecule has 0 spiro atoms. The quantitative estimate of drug-likeness (QED) is 0.445. The third-order valence-corrected chi connectivity index (χ3v) is 4.17. The lowest BCUT2D eigenvalue weighted by atomic mass is 10.0. The molecule has 9 heteroatoms. The van der Waals surface area contributed by atoms with Crippen LogP contribution in [0.2, 0.25) is 0 Å². The van der Waals surface area contributed by atoms with E-state index in [9.17, 15) is 22.8 Å². The second-order valence-electron chi connectivity index (χ2n) is 6.43. The molecule has 0 aromatic heterocycles. The van der Waals surface area contributed by atoms with Crippen molar-refractivity contribution in [2.45, 2.75) is 6.36 Å². The Morgan fingerprint density at radius 1 is 0.812 bits per heavy atom. The lowest BCUT2D eigenvalue weighted by Crippen LogP contribution is -2.16. The Balaban J connectivity index is 1.90. The molecule has 0 atom stereocenters. The number of benzene rings is 3. The summed E-state index contributed by atoms with van der Waals surface area (Å²) in [5, 5.41) is 17.9. The average Bonchev–Trinajstić information content (AvgIpc) is 2.73. The van der Waals surface area contributed by atoms with Gasteiger partial charge >= 0.3 is 18.3 Å². The van der Waals surface area contributed by atoms with Crippen molar-refractivity contribution in [3.8, 4) is 28.4 Å². The van der Waals surface area contributed by atoms with Gasteiger partial charge in [-0.2, -0.15) is 0 Å². The zero-order chi connectivity index (χ0) is 23.3. The summed E-state index contributed by atoms with van der Waals surface area (Å²) >= 11 is 0. The van der Waals surface area contributed by atoms with Crippen molar-refractivity contribution in [1.29, 1.82) is 0 Å². The molecule has 0 aliphatic heterocycles. The van der Waals surface area contributed by atoms with Crippen molar-refractivity contribution < 1.29 is 42.4 Å². The van der Waals surface area contributed by atoms with Gasteiger partial charge in [0.15, 0.2) is 0 Å². The van der Waals surface area contributed by atoms with Gasteiger partial charge in [0.2, 0.25) is 0 Å². The lowest BCUT2D eigenvalue weighted by Gasteiger charge is -2.12. The fourth-order valence-corrected chi connectivity index (χ4v) is 2.75. The minimum atomic E-state index is -4.79. The van der Waals surface area contributed by atoms with E-state index in [2.05, 4.69) is 4.74 Å². The molecule has 0 saturated heterocycles. The molecule has 0 saturated carbocycles. The Morgan fingerprint density at radius 2 is 1.41 bits per heavy atom. The summed E-state index contributed by atoms with van der Waals surface area (Å²) < 4.78 is 46.6. The fraction of sp³-hybridized carbons (Fsp3) is 0.0435. The molecule has 3 aromatic carbocycles. The number of hydrogen-bond donors (Lipinski definition) is 2. The molecule has 0 aliphatic rings. The van der Waals surface area contributed by atoms with Gasteiger partial charge in [0.05, 0.1) is 5.56 Å². The van der Waals surface area contributed by atoms with Gasteiger partial charge in [0, 0.05) is 11.6 Å². The van der Waals surface area contributed by atoms with E-state index in [0.717, 1.165) is 6.08 Å². The van der Waals surface area contributed by atoms with Gasteiger partial charge in [-0.05, 0) is 65.7 Å². The maximum absolute atomic E-state index is 12.3. The van der Waals surface area contributed by atoms with Gasteiger partial charge < -0.3 is 19.7 Å². The molecule has 0 heterocycles. The van der Waals surface area contributed by atoms with Crippen LogP contribution in [0.5, 0.6) is 17.2 Å². The van der Waals surface area contributed by atoms with E-state index in [4.69, 9.17) is 14.9 Å². The zero-order valence-electron chi connectivity index (χ0n) is 16.2. The number of carboxylic acid groups (broad SMARTS) is 2. The number of aromatic carboxylic acids is 1. The van der Waals surface area contributed by atoms with E-state index >= 15 is 0 Å². The molecule has 3 rings (SSSR count). The van der Waals surface area contributed by atoms with Crippen LogP contribution in [-0.2, 0) is 4.79 Å². The SMILES string of the molecule is O=C(O)/C=C\c1cc(-c2ccc(OC(F)(F)F)cc2)ccc1Oc1ccc(C(=O)O)cc1.